The van der Waals surface area contributed by atoms with E-state index in [1.54, 1.807) is 0 Å². The van der Waals surface area contributed by atoms with Crippen LogP contribution in [-0.2, 0) is 0 Å². The number of hydrogen-bond acceptors (Lipinski definition) is 2. The summed E-state index contributed by atoms with van der Waals surface area (Å²) in [5.74, 6) is 0. The third-order valence-corrected chi connectivity index (χ3v) is 3.37. The van der Waals surface area contributed by atoms with Crippen LogP contribution in [0.3, 0.4) is 0 Å². The van der Waals surface area contributed by atoms with Gasteiger partial charge < -0.3 is 5.11 Å². The van der Waals surface area contributed by atoms with Crippen LogP contribution in [0.4, 0.5) is 0 Å². The highest BCUT2D eigenvalue weighted by atomic mass is 16.3. The lowest BCUT2D eigenvalue weighted by atomic mass is 9.94. The van der Waals surface area contributed by atoms with E-state index in [2.05, 4.69) is 53.4 Å². The lowest BCUT2D eigenvalue weighted by molar-refractivity contribution is 0.0644. The van der Waals surface area contributed by atoms with E-state index >= 15 is 0 Å². The van der Waals surface area contributed by atoms with Crippen molar-refractivity contribution in [1.82, 2.24) is 4.90 Å². The van der Waals surface area contributed by atoms with Crippen LogP contribution in [0.15, 0.2) is 60.7 Å². The van der Waals surface area contributed by atoms with Crippen LogP contribution in [0, 0.1) is 6.10 Å². The average molecular weight is 238 g/mol. The topological polar surface area (TPSA) is 23.5 Å². The number of aliphatic hydroxyl groups excluding tert-OH is 1. The molecule has 0 spiro atoms. The van der Waals surface area contributed by atoms with Gasteiger partial charge in [-0.3, -0.25) is 4.90 Å². The van der Waals surface area contributed by atoms with Crippen LogP contribution >= 0.6 is 0 Å². The van der Waals surface area contributed by atoms with Crippen LogP contribution in [0.2, 0.25) is 0 Å². The summed E-state index contributed by atoms with van der Waals surface area (Å²) < 4.78 is 0. The third-order valence-electron chi connectivity index (χ3n) is 3.37. The van der Waals surface area contributed by atoms with E-state index in [4.69, 9.17) is 0 Å². The zero-order valence-electron chi connectivity index (χ0n) is 10.2. The SMILES string of the molecule is O[C]1CN(C(c2ccccc2)c2ccccc2)C1. The Morgan fingerprint density at radius 1 is 0.778 bits per heavy atom. The molecule has 1 aliphatic rings. The normalized spacial score (nSPS) is 16.8. The summed E-state index contributed by atoms with van der Waals surface area (Å²) in [5.41, 5.74) is 2.55. The molecule has 1 N–H and O–H groups in total. The second-order valence-corrected chi connectivity index (χ2v) is 4.70. The quantitative estimate of drug-likeness (QED) is 0.888. The molecule has 0 aromatic heterocycles. The maximum Gasteiger partial charge on any atom is 0.121 e. The molecule has 2 aromatic carbocycles. The first-order valence-electron chi connectivity index (χ1n) is 6.22. The summed E-state index contributed by atoms with van der Waals surface area (Å²) in [4.78, 5) is 2.28. The summed E-state index contributed by atoms with van der Waals surface area (Å²) >= 11 is 0. The van der Waals surface area contributed by atoms with Gasteiger partial charge >= 0.3 is 0 Å². The molecule has 0 atom stereocenters. The number of nitrogens with zero attached hydrogens (tertiary/aromatic N) is 1. The number of benzene rings is 2. The Kier molecular flexibility index (Phi) is 3.13. The van der Waals surface area contributed by atoms with Gasteiger partial charge in [0.25, 0.3) is 0 Å². The van der Waals surface area contributed by atoms with Crippen molar-refractivity contribution in [2.45, 2.75) is 6.04 Å². The van der Waals surface area contributed by atoms with E-state index in [-0.39, 0.29) is 6.04 Å². The molecule has 0 amide bonds. The molecule has 1 radical (unpaired) electrons. The first-order chi connectivity index (χ1) is 8.84. The first kappa shape index (κ1) is 11.5. The molecule has 2 aromatic rings. The Morgan fingerprint density at radius 3 is 1.61 bits per heavy atom. The van der Waals surface area contributed by atoms with Crippen molar-refractivity contribution in [1.29, 1.82) is 0 Å². The summed E-state index contributed by atoms with van der Waals surface area (Å²) in [5, 5.41) is 9.44. The lowest BCUT2D eigenvalue weighted by Gasteiger charge is -2.41. The molecule has 0 aliphatic carbocycles. The van der Waals surface area contributed by atoms with E-state index in [0.717, 1.165) is 0 Å². The maximum atomic E-state index is 9.44. The van der Waals surface area contributed by atoms with Gasteiger partial charge in [0.15, 0.2) is 0 Å². The largest absolute Gasteiger partial charge is 0.384 e. The van der Waals surface area contributed by atoms with Crippen molar-refractivity contribution in [3.8, 4) is 0 Å². The summed E-state index contributed by atoms with van der Waals surface area (Å²) in [7, 11) is 0. The number of likely N-dealkylation sites (tertiary alicyclic amines) is 1. The van der Waals surface area contributed by atoms with Crippen LogP contribution in [0.1, 0.15) is 17.2 Å². The molecule has 0 unspecified atom stereocenters. The molecule has 91 valence electrons. The van der Waals surface area contributed by atoms with Crippen molar-refractivity contribution in [3.63, 3.8) is 0 Å². The molecule has 1 fully saturated rings. The molecule has 0 bridgehead atoms. The molecule has 0 saturated carbocycles. The zero-order chi connectivity index (χ0) is 12.4. The molecule has 1 saturated heterocycles. The van der Waals surface area contributed by atoms with Crippen LogP contribution < -0.4 is 0 Å². The Hall–Kier alpha value is -1.64. The highest BCUT2D eigenvalue weighted by molar-refractivity contribution is 5.33. The maximum absolute atomic E-state index is 9.44. The van der Waals surface area contributed by atoms with Gasteiger partial charge in [-0.15, -0.1) is 0 Å². The van der Waals surface area contributed by atoms with Gasteiger partial charge in [-0.25, -0.2) is 0 Å². The smallest absolute Gasteiger partial charge is 0.121 e. The Bertz CT molecular complexity index is 452. The second kappa shape index (κ2) is 4.92. The predicted octanol–water partition coefficient (Wildman–Crippen LogP) is 3.00. The van der Waals surface area contributed by atoms with Gasteiger partial charge in [-0.2, -0.15) is 0 Å². The van der Waals surface area contributed by atoms with Gasteiger partial charge in [0.05, 0.1) is 6.04 Å². The first-order valence-corrected chi connectivity index (χ1v) is 6.22. The minimum atomic E-state index is 0.239. The van der Waals surface area contributed by atoms with E-state index in [1.165, 1.54) is 11.1 Å². The van der Waals surface area contributed by atoms with Crippen molar-refractivity contribution in [2.24, 2.45) is 0 Å². The van der Waals surface area contributed by atoms with Crippen molar-refractivity contribution in [3.05, 3.63) is 77.9 Å². The molecular weight excluding hydrogens is 222 g/mol. The zero-order valence-corrected chi connectivity index (χ0v) is 10.2. The molecule has 18 heavy (non-hydrogen) atoms. The third kappa shape index (κ3) is 2.17. The van der Waals surface area contributed by atoms with Gasteiger partial charge in [-0.05, 0) is 11.1 Å². The molecule has 2 heteroatoms. The van der Waals surface area contributed by atoms with Crippen LogP contribution in [0.25, 0.3) is 0 Å². The summed E-state index contributed by atoms with van der Waals surface area (Å²) in [6.45, 7) is 1.35. The predicted molar refractivity (Wildman–Crippen MR) is 71.5 cm³/mol. The molecular formula is C16H16NO. The van der Waals surface area contributed by atoms with Crippen molar-refractivity contribution >= 4 is 0 Å². The fraction of sp³-hybridized carbons (Fsp3) is 0.188. The fourth-order valence-electron chi connectivity index (χ4n) is 2.49. The highest BCUT2D eigenvalue weighted by Crippen LogP contribution is 2.33. The van der Waals surface area contributed by atoms with E-state index < -0.39 is 0 Å². The minimum absolute atomic E-state index is 0.239. The minimum Gasteiger partial charge on any atom is -0.384 e. The molecule has 3 rings (SSSR count). The summed E-state index contributed by atoms with van der Waals surface area (Å²) in [6, 6.07) is 21.1. The second-order valence-electron chi connectivity index (χ2n) is 4.70. The summed E-state index contributed by atoms with van der Waals surface area (Å²) in [6.07, 6.45) is 0.576. The van der Waals surface area contributed by atoms with Gasteiger partial charge in [0.2, 0.25) is 0 Å². The van der Waals surface area contributed by atoms with Gasteiger partial charge in [0.1, 0.15) is 6.10 Å². The van der Waals surface area contributed by atoms with Gasteiger partial charge in [-0.1, -0.05) is 60.7 Å². The highest BCUT2D eigenvalue weighted by Gasteiger charge is 2.33. The monoisotopic (exact) mass is 238 g/mol. The Balaban J connectivity index is 1.94. The van der Waals surface area contributed by atoms with E-state index in [9.17, 15) is 5.11 Å². The van der Waals surface area contributed by atoms with Gasteiger partial charge in [0, 0.05) is 13.1 Å². The Labute approximate surface area is 107 Å². The lowest BCUT2D eigenvalue weighted by Crippen LogP contribution is -2.47. The molecule has 1 aliphatic heterocycles. The number of rotatable bonds is 3. The van der Waals surface area contributed by atoms with Crippen LogP contribution in [-0.4, -0.2) is 23.1 Å². The standard InChI is InChI=1S/C16H16NO/c18-15-11-17(12-15)16(13-7-3-1-4-8-13)14-9-5-2-6-10-14/h1-10,16,18H,11-12H2. The molecule has 1 heterocycles. The number of aliphatic hydroxyl groups is 1. The van der Waals surface area contributed by atoms with E-state index in [0.29, 0.717) is 19.2 Å². The van der Waals surface area contributed by atoms with E-state index in [1.807, 2.05) is 12.1 Å². The average Bonchev–Trinajstić information content (AvgIpc) is 2.40. The van der Waals surface area contributed by atoms with Crippen molar-refractivity contribution in [2.75, 3.05) is 13.1 Å². The van der Waals surface area contributed by atoms with Crippen LogP contribution in [0.5, 0.6) is 0 Å². The fourth-order valence-corrected chi connectivity index (χ4v) is 2.49. The Morgan fingerprint density at radius 2 is 1.22 bits per heavy atom. The molecule has 2 nitrogen and oxygen atoms in total. The van der Waals surface area contributed by atoms with Crippen molar-refractivity contribution < 1.29 is 5.11 Å². The number of hydrogen-bond donors (Lipinski definition) is 1.